The molecule has 0 nitrogen and oxygen atoms in total. The maximum atomic E-state index is 3.36. The van der Waals surface area contributed by atoms with Gasteiger partial charge in [-0.15, -0.1) is 5.56 Å². The molecule has 1 aliphatic rings. The predicted molar refractivity (Wildman–Crippen MR) is 97.8 cm³/mol. The van der Waals surface area contributed by atoms with E-state index < -0.39 is 0 Å². The summed E-state index contributed by atoms with van der Waals surface area (Å²) in [7, 11) is 0. The number of halogens is 2. The minimum absolute atomic E-state index is 0. The second-order valence-corrected chi connectivity index (χ2v) is 15.2. The Morgan fingerprint density at radius 2 is 1.60 bits per heavy atom. The third-order valence-corrected chi connectivity index (χ3v) is 3.40. The molecule has 0 aliphatic heterocycles. The number of hydrogen-bond acceptors (Lipinski definition) is 0. The van der Waals surface area contributed by atoms with Crippen molar-refractivity contribution in [2.45, 2.75) is 26.4 Å². The van der Waals surface area contributed by atoms with E-state index in [-0.39, 0.29) is 30.2 Å². The maximum Gasteiger partial charge on any atom is -0.0253 e. The SMILES string of the molecule is C[Si](C)=[Zr+2].Cc1c[c-]c2c(c1)-c1ccccc1C2.[Cl-].[Cl-].c1cc[cH-]c1. The van der Waals surface area contributed by atoms with E-state index in [4.69, 9.17) is 0 Å². The Hall–Kier alpha value is -0.530. The summed E-state index contributed by atoms with van der Waals surface area (Å²) >= 11 is 1.74. The van der Waals surface area contributed by atoms with Crippen LogP contribution in [0.2, 0.25) is 13.1 Å². The first-order valence-electron chi connectivity index (χ1n) is 7.86. The monoisotopic (exact) mass is 462 g/mol. The van der Waals surface area contributed by atoms with Crippen LogP contribution in [0.1, 0.15) is 16.7 Å². The first-order valence-corrected chi connectivity index (χ1v) is 14.0. The Morgan fingerprint density at radius 3 is 2.16 bits per heavy atom. The zero-order valence-electron chi connectivity index (χ0n) is 14.8. The van der Waals surface area contributed by atoms with Gasteiger partial charge in [0.25, 0.3) is 0 Å². The zero-order valence-corrected chi connectivity index (χ0v) is 19.8. The molecule has 3 aromatic carbocycles. The summed E-state index contributed by atoms with van der Waals surface area (Å²) in [6.45, 7) is 6.74. The Labute approximate surface area is 179 Å². The second kappa shape index (κ2) is 12.8. The van der Waals surface area contributed by atoms with Crippen LogP contribution in [0.25, 0.3) is 11.1 Å². The molecule has 0 amide bonds. The topological polar surface area (TPSA) is 0 Å². The number of rotatable bonds is 0. The van der Waals surface area contributed by atoms with E-state index in [2.05, 4.69) is 62.5 Å². The molecule has 0 bridgehead atoms. The van der Waals surface area contributed by atoms with Gasteiger partial charge >= 0.3 is 41.9 Å². The van der Waals surface area contributed by atoms with E-state index in [1.54, 1.807) is 23.3 Å². The van der Waals surface area contributed by atoms with Gasteiger partial charge in [0.1, 0.15) is 0 Å². The number of aryl methyl sites for hydroxylation is 1. The van der Waals surface area contributed by atoms with Crippen molar-refractivity contribution in [2.24, 2.45) is 0 Å². The average Bonchev–Trinajstić information content (AvgIpc) is 3.17. The van der Waals surface area contributed by atoms with E-state index >= 15 is 0 Å². The third-order valence-electron chi connectivity index (χ3n) is 3.40. The molecule has 1 aliphatic carbocycles. The molecule has 0 aromatic heterocycles. The summed E-state index contributed by atoms with van der Waals surface area (Å²) in [6, 6.07) is 26.3. The van der Waals surface area contributed by atoms with E-state index in [9.17, 15) is 0 Å². The van der Waals surface area contributed by atoms with Crippen LogP contribution < -0.4 is 24.8 Å². The van der Waals surface area contributed by atoms with Crippen LogP contribution in [-0.2, 0) is 29.8 Å². The second-order valence-electron chi connectivity index (χ2n) is 5.87. The molecule has 0 unspecified atom stereocenters. The minimum Gasteiger partial charge on any atom is -1.00 e. The van der Waals surface area contributed by atoms with Crippen molar-refractivity contribution in [3.63, 3.8) is 0 Å². The van der Waals surface area contributed by atoms with Crippen LogP contribution in [-0.4, -0.2) is 5.43 Å². The normalized spacial score (nSPS) is 9.64. The van der Waals surface area contributed by atoms with Crippen LogP contribution in [0, 0.1) is 13.0 Å². The molecule has 0 atom stereocenters. The molecule has 0 heterocycles. The van der Waals surface area contributed by atoms with Gasteiger partial charge in [-0.05, 0) is 6.42 Å². The fourth-order valence-corrected chi connectivity index (χ4v) is 2.47. The van der Waals surface area contributed by atoms with Gasteiger partial charge in [-0.2, -0.15) is 47.5 Å². The van der Waals surface area contributed by atoms with Gasteiger partial charge in [-0.3, -0.25) is 0 Å². The molecule has 0 spiro atoms. The summed E-state index contributed by atoms with van der Waals surface area (Å²) in [5, 5.41) is 0. The first kappa shape index (κ1) is 24.5. The van der Waals surface area contributed by atoms with Gasteiger partial charge < -0.3 is 24.8 Å². The van der Waals surface area contributed by atoms with Gasteiger partial charge in [0.05, 0.1) is 0 Å². The largest absolute Gasteiger partial charge is 1.00 e. The minimum atomic E-state index is 0. The number of hydrogen-bond donors (Lipinski definition) is 0. The first-order chi connectivity index (χ1) is 11.1. The van der Waals surface area contributed by atoms with E-state index in [0.717, 1.165) is 6.42 Å². The molecule has 4 rings (SSSR count). The summed E-state index contributed by atoms with van der Waals surface area (Å²) in [4.78, 5) is 0. The number of benzene rings is 2. The molecule has 0 fully saturated rings. The summed E-state index contributed by atoms with van der Waals surface area (Å²) in [6.07, 6.45) is 1.05. The van der Waals surface area contributed by atoms with Crippen LogP contribution >= 0.6 is 0 Å². The quantitative estimate of drug-likeness (QED) is 0.245. The van der Waals surface area contributed by atoms with Gasteiger partial charge in [0, 0.05) is 0 Å². The molecule has 4 heteroatoms. The molecule has 25 heavy (non-hydrogen) atoms. The van der Waals surface area contributed by atoms with Crippen LogP contribution in [0.3, 0.4) is 0 Å². The van der Waals surface area contributed by atoms with Crippen molar-refractivity contribution in [1.82, 2.24) is 0 Å². The van der Waals surface area contributed by atoms with Gasteiger partial charge in [-0.25, -0.2) is 12.1 Å². The fraction of sp³-hybridized carbons (Fsp3) is 0.190. The third kappa shape index (κ3) is 8.13. The van der Waals surface area contributed by atoms with Crippen molar-refractivity contribution in [1.29, 1.82) is 0 Å². The molecule has 130 valence electrons. The molecular formula is C21H22Cl2SiZr-2. The maximum absolute atomic E-state index is 3.36. The smallest absolute Gasteiger partial charge is 0.0253 e. The molecule has 0 saturated carbocycles. The summed E-state index contributed by atoms with van der Waals surface area (Å²) < 4.78 is 0. The van der Waals surface area contributed by atoms with Gasteiger partial charge in [0.2, 0.25) is 0 Å². The summed E-state index contributed by atoms with van der Waals surface area (Å²) in [5.74, 6) is 0. The predicted octanol–water partition coefficient (Wildman–Crippen LogP) is -0.436. The van der Waals surface area contributed by atoms with Gasteiger partial charge in [0.15, 0.2) is 0 Å². The van der Waals surface area contributed by atoms with Crippen LogP contribution in [0.5, 0.6) is 0 Å². The Balaban J connectivity index is 0.000000443. The van der Waals surface area contributed by atoms with Crippen molar-refractivity contribution < 1.29 is 48.1 Å². The van der Waals surface area contributed by atoms with Crippen molar-refractivity contribution in [3.05, 3.63) is 89.5 Å². The fourth-order valence-electron chi connectivity index (χ4n) is 2.47. The van der Waals surface area contributed by atoms with Crippen molar-refractivity contribution >= 4 is 5.43 Å². The van der Waals surface area contributed by atoms with Gasteiger partial charge in [-0.1, -0.05) is 42.3 Å². The number of fused-ring (bicyclic) bond motifs is 3. The van der Waals surface area contributed by atoms with E-state index in [0.29, 0.717) is 0 Å². The van der Waals surface area contributed by atoms with E-state index in [1.807, 2.05) is 30.3 Å². The van der Waals surface area contributed by atoms with Crippen LogP contribution in [0.15, 0.2) is 66.7 Å². The average molecular weight is 465 g/mol. The molecular weight excluding hydrogens is 442 g/mol. The Morgan fingerprint density at radius 1 is 1.00 bits per heavy atom. The molecule has 3 aromatic rings. The van der Waals surface area contributed by atoms with Crippen molar-refractivity contribution in [3.8, 4) is 11.1 Å². The van der Waals surface area contributed by atoms with Crippen molar-refractivity contribution in [2.75, 3.05) is 0 Å². The standard InChI is InChI=1S/C14H11.C5H5.C2H6Si.2ClH.Zr/c1-10-6-7-12-9-11-4-2-3-5-13(11)14(12)8-10;1-2-4-5-3-1;1-3-2;;;/h2-6,8H,9H2,1H3;1-5H;1-2H3;2*1H;/q2*-1;;;;+2/p-2. The molecule has 0 N–H and O–H groups in total. The molecule has 0 saturated heterocycles. The Kier molecular flexibility index (Phi) is 12.5. The molecule has 0 radical (unpaired) electrons. The van der Waals surface area contributed by atoms with Crippen LogP contribution in [0.4, 0.5) is 0 Å². The van der Waals surface area contributed by atoms with E-state index in [1.165, 1.54) is 27.8 Å². The zero-order chi connectivity index (χ0) is 16.7. The Bertz CT molecular complexity index is 746. The summed E-state index contributed by atoms with van der Waals surface area (Å²) in [5.41, 5.74) is 7.05.